The van der Waals surface area contributed by atoms with Crippen molar-refractivity contribution in [3.63, 3.8) is 0 Å². The highest BCUT2D eigenvalue weighted by atomic mass is 16.2. The Balaban J connectivity index is 1.33. The molecule has 7 nitrogen and oxygen atoms in total. The van der Waals surface area contributed by atoms with E-state index in [1.165, 1.54) is 25.7 Å². The number of amides is 1. The van der Waals surface area contributed by atoms with Crippen molar-refractivity contribution in [2.45, 2.75) is 37.8 Å². The normalized spacial score (nSPS) is 30.0. The van der Waals surface area contributed by atoms with E-state index >= 15 is 0 Å². The molecule has 0 saturated carbocycles. The number of nitrogens with zero attached hydrogens (tertiary/aromatic N) is 2. The zero-order valence-electron chi connectivity index (χ0n) is 16.0. The molecule has 0 unspecified atom stereocenters. The number of carbonyl (C=O) groups is 1. The first kappa shape index (κ1) is 17.8. The first-order valence-electron chi connectivity index (χ1n) is 10.4. The first-order chi connectivity index (χ1) is 13.7. The van der Waals surface area contributed by atoms with Crippen LogP contribution in [0.2, 0.25) is 0 Å². The molecule has 1 aromatic carbocycles. The van der Waals surface area contributed by atoms with Crippen molar-refractivity contribution in [3.05, 3.63) is 40.4 Å². The molecule has 5 rings (SSSR count). The molecule has 3 aliphatic heterocycles. The number of benzene rings is 1. The van der Waals surface area contributed by atoms with Crippen molar-refractivity contribution >= 4 is 16.8 Å². The Morgan fingerprint density at radius 1 is 1.21 bits per heavy atom. The van der Waals surface area contributed by atoms with E-state index in [2.05, 4.69) is 25.5 Å². The van der Waals surface area contributed by atoms with Crippen LogP contribution in [0, 0.1) is 11.8 Å². The summed E-state index contributed by atoms with van der Waals surface area (Å²) in [5.74, 6) is 1.10. The molecular weight excluding hydrogens is 354 g/mol. The highest BCUT2D eigenvalue weighted by Gasteiger charge is 2.45. The molecule has 0 aliphatic carbocycles. The highest BCUT2D eigenvalue weighted by molar-refractivity contribution is 5.92. The van der Waals surface area contributed by atoms with Gasteiger partial charge in [-0.2, -0.15) is 0 Å². The third kappa shape index (κ3) is 3.12. The number of piperidine rings is 3. The predicted molar refractivity (Wildman–Crippen MR) is 107 cm³/mol. The van der Waals surface area contributed by atoms with Crippen LogP contribution in [0.3, 0.4) is 0 Å². The molecule has 0 spiro atoms. The van der Waals surface area contributed by atoms with Gasteiger partial charge in [0.2, 0.25) is 0 Å². The Morgan fingerprint density at radius 3 is 3.00 bits per heavy atom. The number of hydrogen-bond donors (Lipinski definition) is 3. The van der Waals surface area contributed by atoms with Gasteiger partial charge in [0, 0.05) is 18.6 Å². The number of aromatic nitrogens is 2. The fourth-order valence-electron chi connectivity index (χ4n) is 5.52. The summed E-state index contributed by atoms with van der Waals surface area (Å²) >= 11 is 0. The van der Waals surface area contributed by atoms with Crippen molar-refractivity contribution in [1.29, 1.82) is 0 Å². The number of H-pyrrole nitrogens is 1. The largest absolute Gasteiger partial charge is 0.348 e. The smallest absolute Gasteiger partial charge is 0.287 e. The monoisotopic (exact) mass is 381 g/mol. The lowest BCUT2D eigenvalue weighted by molar-refractivity contribution is -0.0371. The SMILES string of the molecule is O=C(NC[C@H]1[C@@H]2CNC[C@@H](C2)[C@@H]2CCCCN21)c1nc2ccccc2c(=O)[nH]1. The van der Waals surface area contributed by atoms with Gasteiger partial charge >= 0.3 is 0 Å². The molecule has 3 saturated heterocycles. The van der Waals surface area contributed by atoms with E-state index in [0.29, 0.717) is 35.4 Å². The summed E-state index contributed by atoms with van der Waals surface area (Å²) in [6.07, 6.45) is 5.07. The van der Waals surface area contributed by atoms with Gasteiger partial charge in [0.15, 0.2) is 5.82 Å². The van der Waals surface area contributed by atoms with E-state index in [4.69, 9.17) is 0 Å². The molecule has 148 valence electrons. The molecule has 28 heavy (non-hydrogen) atoms. The molecular formula is C21H27N5O2. The molecule has 0 radical (unpaired) electrons. The van der Waals surface area contributed by atoms with Gasteiger partial charge < -0.3 is 15.6 Å². The third-order valence-corrected chi connectivity index (χ3v) is 6.82. The van der Waals surface area contributed by atoms with E-state index in [9.17, 15) is 9.59 Å². The third-order valence-electron chi connectivity index (χ3n) is 6.82. The second kappa shape index (κ2) is 7.29. The van der Waals surface area contributed by atoms with Crippen molar-refractivity contribution in [2.24, 2.45) is 11.8 Å². The Bertz CT molecular complexity index is 942. The summed E-state index contributed by atoms with van der Waals surface area (Å²) in [5, 5.41) is 7.16. The average Bonchev–Trinajstić information content (AvgIpc) is 2.74. The lowest BCUT2D eigenvalue weighted by Crippen LogP contribution is -2.65. The second-order valence-electron chi connectivity index (χ2n) is 8.42. The Labute approximate surface area is 163 Å². The van der Waals surface area contributed by atoms with Gasteiger partial charge in [-0.3, -0.25) is 14.5 Å². The highest BCUT2D eigenvalue weighted by Crippen LogP contribution is 2.38. The first-order valence-corrected chi connectivity index (χ1v) is 10.4. The van der Waals surface area contributed by atoms with E-state index in [-0.39, 0.29) is 17.3 Å². The van der Waals surface area contributed by atoms with Crippen LogP contribution in [0.1, 0.15) is 36.3 Å². The number of nitrogens with one attached hydrogen (secondary N) is 3. The molecule has 1 aromatic heterocycles. The van der Waals surface area contributed by atoms with Crippen molar-refractivity contribution < 1.29 is 4.79 Å². The number of hydrogen-bond acceptors (Lipinski definition) is 5. The standard InChI is InChI=1S/C21H27N5O2/c27-20-15-5-1-2-6-16(15)24-19(25-20)21(28)23-12-18-14-9-13(10-22-11-14)17-7-3-4-8-26(17)18/h1-2,5-6,13-14,17-18,22H,3-4,7-12H2,(H,23,28)(H,24,25,27)/t13-,14+,17+,18+/m1/s1. The number of carbonyl (C=O) groups excluding carboxylic acids is 1. The number of rotatable bonds is 3. The van der Waals surface area contributed by atoms with Crippen LogP contribution in [0.5, 0.6) is 0 Å². The Kier molecular flexibility index (Phi) is 4.64. The molecule has 2 bridgehead atoms. The molecule has 3 fully saturated rings. The molecule has 4 heterocycles. The predicted octanol–water partition coefficient (Wildman–Crippen LogP) is 1.12. The molecule has 1 amide bonds. The van der Waals surface area contributed by atoms with Crippen LogP contribution in [-0.4, -0.2) is 59.0 Å². The number of para-hydroxylation sites is 1. The van der Waals surface area contributed by atoms with Crippen LogP contribution in [-0.2, 0) is 0 Å². The minimum absolute atomic E-state index is 0.0920. The summed E-state index contributed by atoms with van der Waals surface area (Å²) in [7, 11) is 0. The van der Waals surface area contributed by atoms with Gasteiger partial charge in [0.1, 0.15) is 0 Å². The van der Waals surface area contributed by atoms with E-state index in [0.717, 1.165) is 25.6 Å². The maximum absolute atomic E-state index is 12.7. The lowest BCUT2D eigenvalue weighted by atomic mass is 9.73. The van der Waals surface area contributed by atoms with Crippen LogP contribution in [0.4, 0.5) is 0 Å². The fraction of sp³-hybridized carbons (Fsp3) is 0.571. The lowest BCUT2D eigenvalue weighted by Gasteiger charge is -2.55. The van der Waals surface area contributed by atoms with Gasteiger partial charge in [0.25, 0.3) is 11.5 Å². The van der Waals surface area contributed by atoms with Gasteiger partial charge in [-0.25, -0.2) is 4.98 Å². The minimum Gasteiger partial charge on any atom is -0.348 e. The molecule has 3 N–H and O–H groups in total. The topological polar surface area (TPSA) is 90.1 Å². The summed E-state index contributed by atoms with van der Waals surface area (Å²) in [6.45, 7) is 3.87. The van der Waals surface area contributed by atoms with Crippen LogP contribution < -0.4 is 16.2 Å². The maximum atomic E-state index is 12.7. The Hall–Kier alpha value is -2.25. The summed E-state index contributed by atoms with van der Waals surface area (Å²) in [6, 6.07) is 8.08. The van der Waals surface area contributed by atoms with Gasteiger partial charge in [-0.15, -0.1) is 0 Å². The van der Waals surface area contributed by atoms with Crippen LogP contribution >= 0.6 is 0 Å². The van der Waals surface area contributed by atoms with Crippen LogP contribution in [0.25, 0.3) is 10.9 Å². The van der Waals surface area contributed by atoms with Crippen molar-refractivity contribution in [3.8, 4) is 0 Å². The zero-order chi connectivity index (χ0) is 19.1. The molecule has 7 heteroatoms. The minimum atomic E-state index is -0.303. The summed E-state index contributed by atoms with van der Waals surface area (Å²) < 4.78 is 0. The fourth-order valence-corrected chi connectivity index (χ4v) is 5.52. The van der Waals surface area contributed by atoms with Gasteiger partial charge in [0.05, 0.1) is 10.9 Å². The Morgan fingerprint density at radius 2 is 2.07 bits per heavy atom. The van der Waals surface area contributed by atoms with Crippen molar-refractivity contribution in [1.82, 2.24) is 25.5 Å². The van der Waals surface area contributed by atoms with Gasteiger partial charge in [-0.1, -0.05) is 18.6 Å². The van der Waals surface area contributed by atoms with Crippen LogP contribution in [0.15, 0.2) is 29.1 Å². The average molecular weight is 381 g/mol. The quantitative estimate of drug-likeness (QED) is 0.741. The zero-order valence-corrected chi connectivity index (χ0v) is 16.0. The number of fused-ring (bicyclic) bond motifs is 5. The summed E-state index contributed by atoms with van der Waals surface area (Å²) in [4.78, 5) is 34.6. The molecule has 2 aromatic rings. The molecule has 4 atom stereocenters. The summed E-state index contributed by atoms with van der Waals surface area (Å²) in [5.41, 5.74) is 0.272. The van der Waals surface area contributed by atoms with E-state index in [1.54, 1.807) is 18.2 Å². The maximum Gasteiger partial charge on any atom is 0.287 e. The number of aromatic amines is 1. The van der Waals surface area contributed by atoms with Gasteiger partial charge in [-0.05, 0) is 62.9 Å². The van der Waals surface area contributed by atoms with E-state index in [1.807, 2.05) is 6.07 Å². The van der Waals surface area contributed by atoms with E-state index < -0.39 is 0 Å². The second-order valence-corrected chi connectivity index (χ2v) is 8.42. The molecule has 3 aliphatic rings. The van der Waals surface area contributed by atoms with Crippen molar-refractivity contribution in [2.75, 3.05) is 26.2 Å².